The quantitative estimate of drug-likeness (QED) is 0.0923. The fraction of sp³-hybridized carbons (Fsp3) is 0.439. The van der Waals surface area contributed by atoms with Gasteiger partial charge in [0.05, 0.1) is 31.8 Å². The highest BCUT2D eigenvalue weighted by molar-refractivity contribution is 6.99. The van der Waals surface area contributed by atoms with Gasteiger partial charge in [-0.25, -0.2) is 0 Å². The van der Waals surface area contributed by atoms with Gasteiger partial charge in [-0.05, 0) is 65.2 Å². The molecule has 0 unspecified atom stereocenters. The number of carbonyl (C=O) groups excluding carboxylic acids is 1. The van der Waals surface area contributed by atoms with Gasteiger partial charge in [0.2, 0.25) is 5.91 Å². The van der Waals surface area contributed by atoms with Gasteiger partial charge in [-0.15, -0.1) is 0 Å². The minimum absolute atomic E-state index is 0.0137. The first-order valence-corrected chi connectivity index (χ1v) is 19.0. The van der Waals surface area contributed by atoms with Crippen LogP contribution >= 0.6 is 0 Å². The molecular weight excluding hydrogens is 615 g/mol. The third-order valence-electron chi connectivity index (χ3n) is 9.69. The molecule has 3 aromatic carbocycles. The minimum atomic E-state index is -2.67. The second-order valence-corrected chi connectivity index (χ2v) is 18.3. The Morgan fingerprint density at radius 1 is 0.979 bits per heavy atom. The average molecular weight is 670 g/mol. The third-order valence-corrected chi connectivity index (χ3v) is 14.7. The number of methoxy groups -OCH3 is 3. The van der Waals surface area contributed by atoms with E-state index < -0.39 is 14.2 Å². The molecule has 1 heterocycles. The number of nitrogens with zero attached hydrogens (tertiary/aromatic N) is 1. The molecule has 3 aromatic rings. The van der Waals surface area contributed by atoms with E-state index in [0.29, 0.717) is 19.8 Å². The second kappa shape index (κ2) is 17.2. The van der Waals surface area contributed by atoms with E-state index in [1.165, 1.54) is 10.4 Å². The van der Waals surface area contributed by atoms with E-state index in [2.05, 4.69) is 94.1 Å². The molecule has 1 amide bonds. The van der Waals surface area contributed by atoms with Crippen LogP contribution in [0, 0.1) is 11.8 Å². The molecule has 0 spiro atoms. The van der Waals surface area contributed by atoms with Gasteiger partial charge in [0.15, 0.2) is 0 Å². The highest BCUT2D eigenvalue weighted by Crippen LogP contribution is 2.38. The molecule has 4 atom stereocenters. The molecule has 258 valence electrons. The lowest BCUT2D eigenvalue weighted by Gasteiger charge is -2.43. The van der Waals surface area contributed by atoms with Crippen LogP contribution in [0.4, 0.5) is 0 Å². The third kappa shape index (κ3) is 8.75. The molecule has 1 fully saturated rings. The normalized spacial score (nSPS) is 18.2. The van der Waals surface area contributed by atoms with E-state index in [4.69, 9.17) is 18.6 Å². The fourth-order valence-electron chi connectivity index (χ4n) is 7.23. The number of ether oxygens (including phenoxy) is 3. The number of rotatable bonds is 16. The molecule has 0 aliphatic carbocycles. The molecule has 1 aliphatic heterocycles. The van der Waals surface area contributed by atoms with Crippen molar-refractivity contribution in [1.82, 2.24) is 4.90 Å². The molecule has 1 saturated heterocycles. The first-order valence-electron chi connectivity index (χ1n) is 17.1. The predicted molar refractivity (Wildman–Crippen MR) is 199 cm³/mol. The average Bonchev–Trinajstić information content (AvgIpc) is 3.50. The lowest BCUT2D eigenvalue weighted by Crippen LogP contribution is -2.66. The topological polar surface area (TPSA) is 57.2 Å². The van der Waals surface area contributed by atoms with E-state index in [1.54, 1.807) is 21.3 Å². The first kappa shape index (κ1) is 37.3. The number of likely N-dealkylation sites (tertiary alicyclic amines) is 1. The summed E-state index contributed by atoms with van der Waals surface area (Å²) in [5.41, 5.74) is 1.96. The van der Waals surface area contributed by atoms with E-state index in [0.717, 1.165) is 36.1 Å². The van der Waals surface area contributed by atoms with Gasteiger partial charge >= 0.3 is 0 Å². The van der Waals surface area contributed by atoms with Gasteiger partial charge in [-0.1, -0.05) is 118 Å². The summed E-state index contributed by atoms with van der Waals surface area (Å²) in [5, 5.41) is 2.42. The van der Waals surface area contributed by atoms with Gasteiger partial charge in [0.25, 0.3) is 8.32 Å². The zero-order valence-corrected chi connectivity index (χ0v) is 31.0. The largest absolute Gasteiger partial charge is 0.497 e. The van der Waals surface area contributed by atoms with Crippen molar-refractivity contribution in [2.75, 3.05) is 41.1 Å². The van der Waals surface area contributed by atoms with Crippen molar-refractivity contribution in [3.05, 3.63) is 109 Å². The molecule has 6 nitrogen and oxygen atoms in total. The van der Waals surface area contributed by atoms with Crippen LogP contribution in [0.3, 0.4) is 0 Å². The van der Waals surface area contributed by atoms with Crippen LogP contribution in [-0.4, -0.2) is 72.4 Å². The van der Waals surface area contributed by atoms with Crippen molar-refractivity contribution < 1.29 is 23.4 Å². The molecule has 0 bridgehead atoms. The lowest BCUT2D eigenvalue weighted by molar-refractivity contribution is -0.137. The van der Waals surface area contributed by atoms with Crippen molar-refractivity contribution in [3.8, 4) is 5.75 Å². The Balaban J connectivity index is 1.63. The summed E-state index contributed by atoms with van der Waals surface area (Å²) in [6, 6.07) is 29.3. The summed E-state index contributed by atoms with van der Waals surface area (Å²) < 4.78 is 23.9. The Morgan fingerprint density at radius 2 is 1.62 bits per heavy atom. The summed E-state index contributed by atoms with van der Waals surface area (Å²) in [4.78, 5) is 16.5. The van der Waals surface area contributed by atoms with Crippen LogP contribution in [0.25, 0.3) is 6.08 Å². The van der Waals surface area contributed by atoms with Crippen LogP contribution < -0.4 is 15.1 Å². The summed E-state index contributed by atoms with van der Waals surface area (Å²) in [6.45, 7) is 15.0. The summed E-state index contributed by atoms with van der Waals surface area (Å²) in [6.07, 6.45) is 6.40. The molecule has 0 radical (unpaired) electrons. The Labute approximate surface area is 289 Å². The monoisotopic (exact) mass is 669 g/mol. The smallest absolute Gasteiger partial charge is 0.261 e. The number of hydrogen-bond donors (Lipinski definition) is 0. The zero-order chi connectivity index (χ0) is 34.7. The van der Waals surface area contributed by atoms with Crippen LogP contribution in [0.15, 0.2) is 103 Å². The van der Waals surface area contributed by atoms with E-state index >= 15 is 0 Å². The second-order valence-electron chi connectivity index (χ2n) is 14.0. The SMILES string of the molecule is C=C(C)[C@H](CCCO[Si](c1ccccc1)(c1ccccc1)C(C)(C)C)[C@H](/C=C/c1cccc(OC)c1)C(=O)N1C[C@H](OC)C[C@H]1COC. The molecule has 0 saturated carbocycles. The van der Waals surface area contributed by atoms with Crippen molar-refractivity contribution in [2.24, 2.45) is 11.8 Å². The van der Waals surface area contributed by atoms with E-state index in [9.17, 15) is 4.79 Å². The number of benzene rings is 3. The molecule has 48 heavy (non-hydrogen) atoms. The molecule has 0 N–H and O–H groups in total. The molecule has 7 heteroatoms. The molecular formula is C41H55NO5Si. The predicted octanol–water partition coefficient (Wildman–Crippen LogP) is 7.14. The van der Waals surface area contributed by atoms with Crippen molar-refractivity contribution in [3.63, 3.8) is 0 Å². The summed E-state index contributed by atoms with van der Waals surface area (Å²) >= 11 is 0. The maximum Gasteiger partial charge on any atom is 0.261 e. The standard InChI is InChI=1S/C41H55NO5Si/c1-31(2)38(23-16-26-47-48(41(3,4)5,36-19-11-9-12-20-36)37-21-13-10-14-22-37)39(25-24-32-17-15-18-34(27-32)45-7)40(43)42-29-35(46-8)28-33(42)30-44-6/h9-15,17-22,24-25,27,33,35,38-39H,1,16,23,26,28-30H2,2-8H3/b25-24+/t33-,35+,38-,39-/m0/s1. The van der Waals surface area contributed by atoms with E-state index in [1.807, 2.05) is 42.2 Å². The highest BCUT2D eigenvalue weighted by atomic mass is 28.4. The number of carbonyl (C=O) groups is 1. The zero-order valence-electron chi connectivity index (χ0n) is 30.0. The highest BCUT2D eigenvalue weighted by Gasteiger charge is 2.50. The summed E-state index contributed by atoms with van der Waals surface area (Å²) in [5.74, 6) is 0.375. The first-order chi connectivity index (χ1) is 23.0. The van der Waals surface area contributed by atoms with Crippen LogP contribution in [0.2, 0.25) is 5.04 Å². The van der Waals surface area contributed by atoms with Gasteiger partial charge in [-0.2, -0.15) is 0 Å². The Bertz CT molecular complexity index is 1450. The maximum atomic E-state index is 14.5. The number of hydrogen-bond acceptors (Lipinski definition) is 5. The Morgan fingerprint density at radius 3 is 2.17 bits per heavy atom. The van der Waals surface area contributed by atoms with Crippen molar-refractivity contribution in [2.45, 2.75) is 64.1 Å². The molecule has 1 aliphatic rings. The Kier molecular flexibility index (Phi) is 13.4. The number of amides is 1. The van der Waals surface area contributed by atoms with Gasteiger partial charge in [0.1, 0.15) is 5.75 Å². The Hall–Kier alpha value is -3.49. The fourth-order valence-corrected chi connectivity index (χ4v) is 11.8. The molecule has 4 rings (SSSR count). The maximum absolute atomic E-state index is 14.5. The number of allylic oxidation sites excluding steroid dienone is 1. The van der Waals surface area contributed by atoms with Crippen molar-refractivity contribution in [1.29, 1.82) is 0 Å². The van der Waals surface area contributed by atoms with Crippen LogP contribution in [0.1, 0.15) is 52.5 Å². The van der Waals surface area contributed by atoms with E-state index in [-0.39, 0.29) is 29.0 Å². The summed E-state index contributed by atoms with van der Waals surface area (Å²) in [7, 11) is 2.39. The van der Waals surface area contributed by atoms with Gasteiger partial charge < -0.3 is 23.5 Å². The van der Waals surface area contributed by atoms with Gasteiger partial charge in [0, 0.05) is 27.4 Å². The van der Waals surface area contributed by atoms with Crippen molar-refractivity contribution >= 4 is 30.7 Å². The van der Waals surface area contributed by atoms with Crippen LogP contribution in [-0.2, 0) is 18.7 Å². The lowest BCUT2D eigenvalue weighted by atomic mass is 9.82. The minimum Gasteiger partial charge on any atom is -0.497 e. The van der Waals surface area contributed by atoms with Gasteiger partial charge in [-0.3, -0.25) is 4.79 Å². The molecule has 0 aromatic heterocycles. The van der Waals surface area contributed by atoms with Crippen LogP contribution in [0.5, 0.6) is 5.75 Å².